The summed E-state index contributed by atoms with van der Waals surface area (Å²) in [5.41, 5.74) is 5.40. The molecule has 0 spiro atoms. The van der Waals surface area contributed by atoms with Crippen LogP contribution >= 0.6 is 0 Å². The average molecular weight is 227 g/mol. The van der Waals surface area contributed by atoms with Crippen LogP contribution in [0.5, 0.6) is 0 Å². The molecule has 0 N–H and O–H groups in total. The molecule has 0 amide bonds. The molecule has 0 aromatic heterocycles. The average Bonchev–Trinajstić information content (AvgIpc) is 2.66. The van der Waals surface area contributed by atoms with Crippen LogP contribution in [0, 0.1) is 20.8 Å². The molecule has 0 nitrogen and oxygen atoms in total. The van der Waals surface area contributed by atoms with Gasteiger partial charge >= 0.3 is 0 Å². The van der Waals surface area contributed by atoms with Crippen molar-refractivity contribution in [3.63, 3.8) is 0 Å². The molecule has 1 aliphatic rings. The van der Waals surface area contributed by atoms with Gasteiger partial charge in [0.15, 0.2) is 0 Å². The fourth-order valence-electron chi connectivity index (χ4n) is 1.62. The summed E-state index contributed by atoms with van der Waals surface area (Å²) in [5, 5.41) is 1.21. The van der Waals surface area contributed by atoms with Gasteiger partial charge in [-0.3, -0.25) is 0 Å². The van der Waals surface area contributed by atoms with Gasteiger partial charge in [-0.25, -0.2) is 0 Å². The van der Waals surface area contributed by atoms with E-state index in [2.05, 4.69) is 68.3 Å². The molecule has 0 bridgehead atoms. The van der Waals surface area contributed by atoms with E-state index in [1.165, 1.54) is 27.5 Å². The second-order valence-electron chi connectivity index (χ2n) is 4.34. The number of benzene rings is 1. The predicted octanol–water partition coefficient (Wildman–Crippen LogP) is 3.30. The van der Waals surface area contributed by atoms with Crippen LogP contribution in [-0.2, 0) is 0 Å². The summed E-state index contributed by atoms with van der Waals surface area (Å²) in [6.07, 6.45) is 7.65. The highest BCUT2D eigenvalue weighted by Crippen LogP contribution is 2.05. The molecule has 1 aromatic rings. The summed E-state index contributed by atoms with van der Waals surface area (Å²) < 4.78 is 0. The van der Waals surface area contributed by atoms with Crippen LogP contribution in [0.3, 0.4) is 0 Å². The Kier molecular flexibility index (Phi) is 4.75. The van der Waals surface area contributed by atoms with Gasteiger partial charge < -0.3 is 0 Å². The Morgan fingerprint density at radius 1 is 1.06 bits per heavy atom. The molecule has 83 valence electrons. The Bertz CT molecular complexity index is 399. The Hall–Kier alpha value is -1.08. The summed E-state index contributed by atoms with van der Waals surface area (Å²) in [6, 6.07) is 4.33. The van der Waals surface area contributed by atoms with Crippen LogP contribution in [0.25, 0.3) is 0 Å². The van der Waals surface area contributed by atoms with E-state index < -0.39 is 0 Å². The third kappa shape index (κ3) is 3.82. The Balaban J connectivity index is 0.000000181. The summed E-state index contributed by atoms with van der Waals surface area (Å²) in [6.45, 7) is 8.47. The lowest BCUT2D eigenvalue weighted by Gasteiger charge is -2.04. The molecule has 1 aromatic carbocycles. The second-order valence-corrected chi connectivity index (χ2v) is 4.88. The Labute approximate surface area is 103 Å². The predicted molar refractivity (Wildman–Crippen MR) is 73.6 cm³/mol. The van der Waals surface area contributed by atoms with Crippen LogP contribution in [0.1, 0.15) is 30.0 Å². The van der Waals surface area contributed by atoms with E-state index in [1.54, 1.807) is 0 Å². The minimum absolute atomic E-state index is 1.14. The van der Waals surface area contributed by atoms with Crippen molar-refractivity contribution in [2.75, 3.05) is 0 Å². The van der Waals surface area contributed by atoms with Crippen LogP contribution in [-0.4, -0.2) is 10.2 Å². The summed E-state index contributed by atoms with van der Waals surface area (Å²) in [4.78, 5) is 0. The van der Waals surface area contributed by atoms with Crippen LogP contribution < -0.4 is 5.19 Å². The van der Waals surface area contributed by atoms with Crippen LogP contribution in [0.15, 0.2) is 35.9 Å². The zero-order valence-electron chi connectivity index (χ0n) is 10.6. The van der Waals surface area contributed by atoms with Gasteiger partial charge in [-0.15, -0.1) is 0 Å². The van der Waals surface area contributed by atoms with E-state index in [0.29, 0.717) is 0 Å². The van der Waals surface area contributed by atoms with Gasteiger partial charge in [0, 0.05) is 0 Å². The number of allylic oxidation sites excluding steroid dienone is 4. The normalized spacial score (nSPS) is 13.2. The molecule has 16 heavy (non-hydrogen) atoms. The second kappa shape index (κ2) is 5.85. The molecule has 3 radical (unpaired) electrons. The fourth-order valence-corrected chi connectivity index (χ4v) is 2.04. The third-order valence-electron chi connectivity index (χ3n) is 2.77. The van der Waals surface area contributed by atoms with Crippen LogP contribution in [0.4, 0.5) is 0 Å². The maximum atomic E-state index is 3.55. The molecule has 0 fully saturated rings. The van der Waals surface area contributed by atoms with Crippen molar-refractivity contribution in [2.24, 2.45) is 0 Å². The molecule has 0 saturated carbocycles. The number of hydrogen-bond donors (Lipinski definition) is 0. The molecule has 1 heteroatoms. The first-order chi connectivity index (χ1) is 7.50. The first kappa shape index (κ1) is 13.0. The van der Waals surface area contributed by atoms with Gasteiger partial charge in [-0.05, 0) is 45.2 Å². The molecule has 0 unspecified atom stereocenters. The Morgan fingerprint density at radius 2 is 1.75 bits per heavy atom. The van der Waals surface area contributed by atoms with Gasteiger partial charge in [0.25, 0.3) is 0 Å². The highest BCUT2D eigenvalue weighted by atomic mass is 28.1. The van der Waals surface area contributed by atoms with Crippen molar-refractivity contribution in [1.29, 1.82) is 0 Å². The molecule has 0 atom stereocenters. The topological polar surface area (TPSA) is 0 Å². The number of rotatable bonds is 0. The molecule has 2 rings (SSSR count). The van der Waals surface area contributed by atoms with Crippen molar-refractivity contribution < 1.29 is 0 Å². The highest BCUT2D eigenvalue weighted by molar-refractivity contribution is 6.33. The Morgan fingerprint density at radius 3 is 2.12 bits per heavy atom. The van der Waals surface area contributed by atoms with Gasteiger partial charge in [-0.1, -0.05) is 46.7 Å². The SMILES string of the molecule is CC1=CCC=C1.Cc1cc(C)c(C)c([Si])c1. The molecule has 1 aliphatic carbocycles. The number of hydrogen-bond acceptors (Lipinski definition) is 0. The smallest absolute Gasteiger partial charge is 0.0715 e. The maximum Gasteiger partial charge on any atom is 0.0715 e. The highest BCUT2D eigenvalue weighted by Gasteiger charge is 1.96. The quantitative estimate of drug-likeness (QED) is 0.597. The van der Waals surface area contributed by atoms with Crippen molar-refractivity contribution in [3.05, 3.63) is 52.6 Å². The van der Waals surface area contributed by atoms with Gasteiger partial charge in [-0.2, -0.15) is 0 Å². The molecular formula is C15H19Si. The summed E-state index contributed by atoms with van der Waals surface area (Å²) in [7, 11) is 3.55. The lowest BCUT2D eigenvalue weighted by molar-refractivity contribution is 1.32. The first-order valence-corrected chi connectivity index (χ1v) is 6.13. The van der Waals surface area contributed by atoms with Gasteiger partial charge in [0.05, 0.1) is 10.2 Å². The van der Waals surface area contributed by atoms with Crippen molar-refractivity contribution in [1.82, 2.24) is 0 Å². The molecule has 0 aliphatic heterocycles. The zero-order chi connectivity index (χ0) is 12.1. The monoisotopic (exact) mass is 227 g/mol. The van der Waals surface area contributed by atoms with Crippen molar-refractivity contribution >= 4 is 15.4 Å². The minimum Gasteiger partial charge on any atom is -0.0805 e. The van der Waals surface area contributed by atoms with Gasteiger partial charge in [0.2, 0.25) is 0 Å². The van der Waals surface area contributed by atoms with Gasteiger partial charge in [0.1, 0.15) is 0 Å². The van der Waals surface area contributed by atoms with E-state index in [0.717, 1.165) is 6.42 Å². The lowest BCUT2D eigenvalue weighted by Crippen LogP contribution is -2.08. The zero-order valence-corrected chi connectivity index (χ0v) is 11.6. The van der Waals surface area contributed by atoms with E-state index in [-0.39, 0.29) is 0 Å². The van der Waals surface area contributed by atoms with Crippen molar-refractivity contribution in [2.45, 2.75) is 34.1 Å². The van der Waals surface area contributed by atoms with E-state index in [9.17, 15) is 0 Å². The third-order valence-corrected chi connectivity index (χ3v) is 3.29. The standard InChI is InChI=1S/C9H11Si.C6H8/c1-6-4-7(2)8(3)9(10)5-6;1-6-4-2-3-5-6/h4-5H,1-3H3;2,4-5H,3H2,1H3. The van der Waals surface area contributed by atoms with Crippen molar-refractivity contribution in [3.8, 4) is 0 Å². The lowest BCUT2D eigenvalue weighted by atomic mass is 10.1. The van der Waals surface area contributed by atoms with E-state index in [1.807, 2.05) is 0 Å². The fraction of sp³-hybridized carbons (Fsp3) is 0.333. The summed E-state index contributed by atoms with van der Waals surface area (Å²) >= 11 is 0. The molecule has 0 saturated heterocycles. The maximum absolute atomic E-state index is 3.55. The largest absolute Gasteiger partial charge is 0.0805 e. The molecular weight excluding hydrogens is 208 g/mol. The summed E-state index contributed by atoms with van der Waals surface area (Å²) in [5.74, 6) is 0. The molecule has 0 heterocycles. The van der Waals surface area contributed by atoms with E-state index >= 15 is 0 Å². The minimum atomic E-state index is 1.14. The first-order valence-electron chi connectivity index (χ1n) is 5.63. The number of aryl methyl sites for hydroxylation is 2. The van der Waals surface area contributed by atoms with Crippen LogP contribution in [0.2, 0.25) is 0 Å². The van der Waals surface area contributed by atoms with E-state index in [4.69, 9.17) is 0 Å².